The Balaban J connectivity index is 2.21. The summed E-state index contributed by atoms with van der Waals surface area (Å²) >= 11 is 0. The van der Waals surface area contributed by atoms with Crippen molar-refractivity contribution in [1.29, 1.82) is 0 Å². The Kier molecular flexibility index (Phi) is 2.74. The molecule has 4 nitrogen and oxygen atoms in total. The van der Waals surface area contributed by atoms with Crippen molar-refractivity contribution in [1.82, 2.24) is 10.2 Å². The molecule has 1 aliphatic rings. The number of rotatable bonds is 3. The number of aromatic nitrogens is 2. The molecular weight excluding hydrogens is 204 g/mol. The molecule has 0 aliphatic heterocycles. The van der Waals surface area contributed by atoms with Gasteiger partial charge in [0.25, 0.3) is 0 Å². The van der Waals surface area contributed by atoms with E-state index >= 15 is 0 Å². The number of hydrogen-bond donors (Lipinski definition) is 2. The van der Waals surface area contributed by atoms with Crippen LogP contribution >= 0.6 is 0 Å². The van der Waals surface area contributed by atoms with Gasteiger partial charge in [0.15, 0.2) is 0 Å². The number of carboxylic acid groups (broad SMARTS) is 1. The van der Waals surface area contributed by atoms with Gasteiger partial charge in [-0.25, -0.2) is 0 Å². The number of nitrogens with zero attached hydrogens (tertiary/aromatic N) is 1. The summed E-state index contributed by atoms with van der Waals surface area (Å²) in [5.41, 5.74) is 0.816. The van der Waals surface area contributed by atoms with E-state index in [1.165, 1.54) is 25.7 Å². The van der Waals surface area contributed by atoms with Gasteiger partial charge in [-0.2, -0.15) is 5.10 Å². The van der Waals surface area contributed by atoms with Crippen LogP contribution in [0.5, 0.6) is 0 Å². The van der Waals surface area contributed by atoms with Gasteiger partial charge in [-0.15, -0.1) is 0 Å². The molecule has 0 aromatic carbocycles. The second-order valence-corrected chi connectivity index (χ2v) is 5.12. The van der Waals surface area contributed by atoms with Crippen LogP contribution in [-0.4, -0.2) is 21.3 Å². The van der Waals surface area contributed by atoms with Crippen LogP contribution in [0.2, 0.25) is 0 Å². The molecule has 16 heavy (non-hydrogen) atoms. The van der Waals surface area contributed by atoms with Crippen molar-refractivity contribution in [2.24, 2.45) is 0 Å². The molecule has 2 rings (SSSR count). The molecule has 4 heteroatoms. The van der Waals surface area contributed by atoms with Crippen molar-refractivity contribution in [2.75, 3.05) is 0 Å². The van der Waals surface area contributed by atoms with Crippen molar-refractivity contribution in [3.05, 3.63) is 17.5 Å². The highest BCUT2D eigenvalue weighted by Crippen LogP contribution is 2.34. The second-order valence-electron chi connectivity index (χ2n) is 5.12. The molecule has 1 heterocycles. The number of nitrogens with one attached hydrogen (secondary N) is 1. The summed E-state index contributed by atoms with van der Waals surface area (Å²) in [4.78, 5) is 11.1. The molecule has 2 N–H and O–H groups in total. The van der Waals surface area contributed by atoms with Crippen LogP contribution in [0, 0.1) is 0 Å². The first-order chi connectivity index (χ1) is 7.51. The topological polar surface area (TPSA) is 66.0 Å². The highest BCUT2D eigenvalue weighted by molar-refractivity contribution is 5.79. The predicted molar refractivity (Wildman–Crippen MR) is 60.5 cm³/mol. The second kappa shape index (κ2) is 3.92. The number of hydrogen-bond acceptors (Lipinski definition) is 2. The number of aliphatic carboxylic acids is 1. The van der Waals surface area contributed by atoms with Crippen LogP contribution in [0.25, 0.3) is 0 Å². The van der Waals surface area contributed by atoms with E-state index in [1.54, 1.807) is 13.8 Å². The lowest BCUT2D eigenvalue weighted by Gasteiger charge is -2.15. The van der Waals surface area contributed by atoms with Crippen molar-refractivity contribution in [3.8, 4) is 0 Å². The third-order valence-corrected chi connectivity index (χ3v) is 3.57. The van der Waals surface area contributed by atoms with Crippen LogP contribution in [-0.2, 0) is 10.2 Å². The summed E-state index contributed by atoms with van der Waals surface area (Å²) in [5.74, 6) is -0.289. The Morgan fingerprint density at radius 3 is 2.69 bits per heavy atom. The van der Waals surface area contributed by atoms with E-state index in [4.69, 9.17) is 5.11 Å². The maximum atomic E-state index is 11.1. The fourth-order valence-corrected chi connectivity index (χ4v) is 2.21. The van der Waals surface area contributed by atoms with Gasteiger partial charge < -0.3 is 5.11 Å². The van der Waals surface area contributed by atoms with Gasteiger partial charge >= 0.3 is 5.97 Å². The van der Waals surface area contributed by atoms with E-state index in [0.29, 0.717) is 11.6 Å². The SMILES string of the molecule is CC(C)(C(=O)O)c1cc(C2CCCC2)[nH]n1. The lowest BCUT2D eigenvalue weighted by molar-refractivity contribution is -0.142. The monoisotopic (exact) mass is 222 g/mol. The van der Waals surface area contributed by atoms with Gasteiger partial charge in [-0.05, 0) is 32.8 Å². The number of carboxylic acids is 1. The quantitative estimate of drug-likeness (QED) is 0.825. The van der Waals surface area contributed by atoms with Crippen LogP contribution < -0.4 is 0 Å². The predicted octanol–water partition coefficient (Wildman–Crippen LogP) is 2.43. The standard InChI is InChI=1S/C12H18N2O2/c1-12(2,11(15)16)10-7-9(13-14-10)8-5-3-4-6-8/h7-8H,3-6H2,1-2H3,(H,13,14)(H,15,16). The minimum Gasteiger partial charge on any atom is -0.481 e. The van der Waals surface area contributed by atoms with Crippen LogP contribution in [0.4, 0.5) is 0 Å². The summed E-state index contributed by atoms with van der Waals surface area (Å²) in [6, 6.07) is 1.92. The van der Waals surface area contributed by atoms with Gasteiger partial charge in [-0.3, -0.25) is 9.89 Å². The molecule has 0 radical (unpaired) electrons. The minimum atomic E-state index is -0.909. The van der Waals surface area contributed by atoms with Gasteiger partial charge in [0.1, 0.15) is 5.41 Å². The normalized spacial score (nSPS) is 17.9. The zero-order chi connectivity index (χ0) is 11.8. The summed E-state index contributed by atoms with van der Waals surface area (Å²) in [5, 5.41) is 16.3. The van der Waals surface area contributed by atoms with Gasteiger partial charge in [0, 0.05) is 11.6 Å². The zero-order valence-electron chi connectivity index (χ0n) is 9.79. The fraction of sp³-hybridized carbons (Fsp3) is 0.667. The highest BCUT2D eigenvalue weighted by Gasteiger charge is 2.33. The smallest absolute Gasteiger partial charge is 0.315 e. The van der Waals surface area contributed by atoms with Gasteiger partial charge in [0.05, 0.1) is 5.69 Å². The maximum Gasteiger partial charge on any atom is 0.315 e. The lowest BCUT2D eigenvalue weighted by atomic mass is 9.89. The molecule has 0 atom stereocenters. The van der Waals surface area contributed by atoms with Gasteiger partial charge in [0.2, 0.25) is 0 Å². The summed E-state index contributed by atoms with van der Waals surface area (Å²) < 4.78 is 0. The molecule has 0 unspecified atom stereocenters. The third-order valence-electron chi connectivity index (χ3n) is 3.57. The maximum absolute atomic E-state index is 11.1. The average molecular weight is 222 g/mol. The van der Waals surface area contributed by atoms with E-state index < -0.39 is 11.4 Å². The summed E-state index contributed by atoms with van der Waals surface area (Å²) in [7, 11) is 0. The molecule has 0 amide bonds. The molecule has 1 saturated carbocycles. The Labute approximate surface area is 95.1 Å². The fourth-order valence-electron chi connectivity index (χ4n) is 2.21. The number of H-pyrrole nitrogens is 1. The van der Waals surface area contributed by atoms with E-state index in [9.17, 15) is 4.79 Å². The largest absolute Gasteiger partial charge is 0.481 e. The van der Waals surface area contributed by atoms with Crippen molar-refractivity contribution in [3.63, 3.8) is 0 Å². The minimum absolute atomic E-state index is 0.547. The molecule has 1 aromatic heterocycles. The molecule has 1 aromatic rings. The highest BCUT2D eigenvalue weighted by atomic mass is 16.4. The molecule has 0 saturated heterocycles. The van der Waals surface area contributed by atoms with Crippen LogP contribution in [0.1, 0.15) is 56.8 Å². The third kappa shape index (κ3) is 1.84. The van der Waals surface area contributed by atoms with E-state index in [1.807, 2.05) is 6.07 Å². The first-order valence-corrected chi connectivity index (χ1v) is 5.81. The number of carbonyl (C=O) groups is 1. The van der Waals surface area contributed by atoms with E-state index in [2.05, 4.69) is 10.2 Å². The molecule has 0 bridgehead atoms. The molecule has 1 fully saturated rings. The van der Waals surface area contributed by atoms with Crippen molar-refractivity contribution >= 4 is 5.97 Å². The summed E-state index contributed by atoms with van der Waals surface area (Å²) in [6.07, 6.45) is 4.91. The first-order valence-electron chi connectivity index (χ1n) is 5.81. The van der Waals surface area contributed by atoms with Crippen molar-refractivity contribution < 1.29 is 9.90 Å². The van der Waals surface area contributed by atoms with Crippen LogP contribution in [0.15, 0.2) is 6.07 Å². The molecule has 1 aliphatic carbocycles. The Hall–Kier alpha value is -1.32. The molecular formula is C12H18N2O2. The zero-order valence-corrected chi connectivity index (χ0v) is 9.79. The lowest BCUT2D eigenvalue weighted by Crippen LogP contribution is -2.28. The Bertz CT molecular complexity index is 389. The summed E-state index contributed by atoms with van der Waals surface area (Å²) in [6.45, 7) is 3.37. The molecule has 88 valence electrons. The van der Waals surface area contributed by atoms with Gasteiger partial charge in [-0.1, -0.05) is 12.8 Å². The Morgan fingerprint density at radius 1 is 1.50 bits per heavy atom. The van der Waals surface area contributed by atoms with E-state index in [-0.39, 0.29) is 0 Å². The number of aromatic amines is 1. The average Bonchev–Trinajstić information content (AvgIpc) is 2.88. The van der Waals surface area contributed by atoms with Crippen molar-refractivity contribution in [2.45, 2.75) is 50.9 Å². The Morgan fingerprint density at radius 2 is 2.12 bits per heavy atom. The van der Waals surface area contributed by atoms with E-state index in [0.717, 1.165) is 5.69 Å². The van der Waals surface area contributed by atoms with Crippen LogP contribution in [0.3, 0.4) is 0 Å². The first kappa shape index (κ1) is 11.2. The molecule has 0 spiro atoms.